The minimum absolute atomic E-state index is 0.289. The van der Waals surface area contributed by atoms with Gasteiger partial charge in [-0.05, 0) is 33.6 Å². The molecular formula is C8H9BrN2O3. The first-order valence-electron chi connectivity index (χ1n) is 3.85. The van der Waals surface area contributed by atoms with Gasteiger partial charge >= 0.3 is 6.09 Å². The Labute approximate surface area is 88.9 Å². The highest BCUT2D eigenvalue weighted by Gasteiger charge is 2.12. The fraction of sp³-hybridized carbons (Fsp3) is 0.250. The van der Waals surface area contributed by atoms with Crippen LogP contribution in [0.15, 0.2) is 22.9 Å². The molecule has 1 heterocycles. The lowest BCUT2D eigenvalue weighted by Crippen LogP contribution is -2.29. The summed E-state index contributed by atoms with van der Waals surface area (Å²) in [5, 5.41) is 19.6. The van der Waals surface area contributed by atoms with Crippen LogP contribution in [0.25, 0.3) is 0 Å². The molecule has 0 bridgehead atoms. The van der Waals surface area contributed by atoms with Crippen molar-refractivity contribution in [3.63, 3.8) is 0 Å². The van der Waals surface area contributed by atoms with Crippen LogP contribution in [0.5, 0.6) is 0 Å². The molecule has 1 rings (SSSR count). The van der Waals surface area contributed by atoms with Gasteiger partial charge in [0.2, 0.25) is 0 Å². The van der Waals surface area contributed by atoms with Crippen LogP contribution in [-0.4, -0.2) is 27.9 Å². The molecule has 1 aromatic heterocycles. The number of aromatic nitrogens is 1. The Morgan fingerprint density at radius 1 is 1.71 bits per heavy atom. The molecule has 0 aliphatic heterocycles. The number of carbonyl (C=O) groups is 1. The van der Waals surface area contributed by atoms with Crippen LogP contribution in [0, 0.1) is 0 Å². The van der Waals surface area contributed by atoms with Crippen molar-refractivity contribution in [3.05, 3.63) is 28.5 Å². The SMILES string of the molecule is O=C(O)N[C@@H](CO)c1ccnc(Br)c1. The number of halogens is 1. The van der Waals surface area contributed by atoms with Gasteiger partial charge in [0.1, 0.15) is 4.60 Å². The second-order valence-electron chi connectivity index (χ2n) is 2.60. The summed E-state index contributed by atoms with van der Waals surface area (Å²) in [6, 6.07) is 2.67. The molecule has 0 radical (unpaired) electrons. The zero-order valence-corrected chi connectivity index (χ0v) is 8.73. The normalized spacial score (nSPS) is 12.1. The molecule has 0 saturated carbocycles. The lowest BCUT2D eigenvalue weighted by molar-refractivity contribution is 0.177. The molecule has 1 amide bonds. The topological polar surface area (TPSA) is 82.5 Å². The minimum atomic E-state index is -1.17. The third kappa shape index (κ3) is 2.97. The molecule has 1 atom stereocenters. The van der Waals surface area contributed by atoms with Crippen molar-refractivity contribution in [1.29, 1.82) is 0 Å². The lowest BCUT2D eigenvalue weighted by Gasteiger charge is -2.14. The van der Waals surface area contributed by atoms with E-state index in [4.69, 9.17) is 10.2 Å². The number of rotatable bonds is 3. The molecule has 0 aliphatic rings. The van der Waals surface area contributed by atoms with E-state index in [9.17, 15) is 4.79 Å². The second-order valence-corrected chi connectivity index (χ2v) is 3.41. The molecule has 76 valence electrons. The summed E-state index contributed by atoms with van der Waals surface area (Å²) in [6.07, 6.45) is 0.364. The first kappa shape index (κ1) is 10.9. The van der Waals surface area contributed by atoms with Gasteiger partial charge in [-0.1, -0.05) is 0 Å². The minimum Gasteiger partial charge on any atom is -0.465 e. The zero-order chi connectivity index (χ0) is 10.6. The lowest BCUT2D eigenvalue weighted by atomic mass is 10.1. The standard InChI is InChI=1S/C8H9BrN2O3/c9-7-3-5(1-2-10-7)6(4-12)11-8(13)14/h1-3,6,11-12H,4H2,(H,13,14)/t6-/m0/s1. The summed E-state index contributed by atoms with van der Waals surface area (Å²) < 4.78 is 0.598. The van der Waals surface area contributed by atoms with Gasteiger partial charge in [-0.3, -0.25) is 0 Å². The fourth-order valence-corrected chi connectivity index (χ4v) is 1.40. The van der Waals surface area contributed by atoms with E-state index in [0.29, 0.717) is 10.2 Å². The van der Waals surface area contributed by atoms with Crippen LogP contribution >= 0.6 is 15.9 Å². The number of amides is 1. The predicted molar refractivity (Wildman–Crippen MR) is 52.9 cm³/mol. The molecule has 0 spiro atoms. The molecule has 0 aromatic carbocycles. The first-order chi connectivity index (χ1) is 6.63. The molecule has 6 heteroatoms. The Morgan fingerprint density at radius 3 is 2.93 bits per heavy atom. The summed E-state index contributed by atoms with van der Waals surface area (Å²) in [4.78, 5) is 14.3. The molecule has 3 N–H and O–H groups in total. The van der Waals surface area contributed by atoms with Crippen molar-refractivity contribution in [2.75, 3.05) is 6.61 Å². The maximum absolute atomic E-state index is 10.4. The van der Waals surface area contributed by atoms with Gasteiger partial charge in [-0.2, -0.15) is 0 Å². The quantitative estimate of drug-likeness (QED) is 0.712. The highest BCUT2D eigenvalue weighted by molar-refractivity contribution is 9.10. The van der Waals surface area contributed by atoms with Gasteiger partial charge in [-0.15, -0.1) is 0 Å². The van der Waals surface area contributed by atoms with E-state index in [1.165, 1.54) is 6.20 Å². The van der Waals surface area contributed by atoms with E-state index in [0.717, 1.165) is 0 Å². The van der Waals surface area contributed by atoms with E-state index in [-0.39, 0.29) is 6.61 Å². The van der Waals surface area contributed by atoms with Gasteiger partial charge in [0.25, 0.3) is 0 Å². The van der Waals surface area contributed by atoms with Crippen LogP contribution < -0.4 is 5.32 Å². The Hall–Kier alpha value is -1.14. The van der Waals surface area contributed by atoms with Crippen molar-refractivity contribution in [2.45, 2.75) is 6.04 Å². The summed E-state index contributed by atoms with van der Waals surface area (Å²) >= 11 is 3.16. The van der Waals surface area contributed by atoms with E-state index in [2.05, 4.69) is 26.2 Å². The van der Waals surface area contributed by atoms with Crippen molar-refractivity contribution >= 4 is 22.0 Å². The number of carboxylic acid groups (broad SMARTS) is 1. The summed E-state index contributed by atoms with van der Waals surface area (Å²) in [6.45, 7) is -0.289. The number of nitrogens with zero attached hydrogens (tertiary/aromatic N) is 1. The molecule has 0 fully saturated rings. The Balaban J connectivity index is 2.83. The number of pyridine rings is 1. The Kier molecular flexibility index (Phi) is 3.84. The molecule has 0 unspecified atom stereocenters. The second kappa shape index (κ2) is 4.92. The average Bonchev–Trinajstić information content (AvgIpc) is 2.14. The van der Waals surface area contributed by atoms with E-state index >= 15 is 0 Å². The Morgan fingerprint density at radius 2 is 2.43 bits per heavy atom. The van der Waals surface area contributed by atoms with Crippen LogP contribution in [-0.2, 0) is 0 Å². The highest BCUT2D eigenvalue weighted by atomic mass is 79.9. The third-order valence-corrected chi connectivity index (χ3v) is 2.07. The highest BCUT2D eigenvalue weighted by Crippen LogP contribution is 2.15. The number of aliphatic hydroxyl groups is 1. The van der Waals surface area contributed by atoms with Gasteiger partial charge in [0.05, 0.1) is 12.6 Å². The third-order valence-electron chi connectivity index (χ3n) is 1.63. The maximum Gasteiger partial charge on any atom is 0.405 e. The molecule has 0 aliphatic carbocycles. The molecular weight excluding hydrogens is 252 g/mol. The van der Waals surface area contributed by atoms with E-state index in [1.807, 2.05) is 0 Å². The number of hydrogen-bond acceptors (Lipinski definition) is 3. The van der Waals surface area contributed by atoms with Gasteiger partial charge in [-0.25, -0.2) is 9.78 Å². The summed E-state index contributed by atoms with van der Waals surface area (Å²) in [5.74, 6) is 0. The molecule has 1 aromatic rings. The van der Waals surface area contributed by atoms with Crippen molar-refractivity contribution in [1.82, 2.24) is 10.3 Å². The fourth-order valence-electron chi connectivity index (χ4n) is 1.02. The number of hydrogen-bond donors (Lipinski definition) is 3. The smallest absolute Gasteiger partial charge is 0.405 e. The van der Waals surface area contributed by atoms with E-state index in [1.54, 1.807) is 12.1 Å². The predicted octanol–water partition coefficient (Wildman–Crippen LogP) is 1.15. The van der Waals surface area contributed by atoms with Crippen molar-refractivity contribution < 1.29 is 15.0 Å². The summed E-state index contributed by atoms with van der Waals surface area (Å²) in [5.41, 5.74) is 0.664. The molecule has 14 heavy (non-hydrogen) atoms. The van der Waals surface area contributed by atoms with Crippen molar-refractivity contribution in [2.24, 2.45) is 0 Å². The largest absolute Gasteiger partial charge is 0.465 e. The average molecular weight is 261 g/mol. The van der Waals surface area contributed by atoms with Gasteiger partial charge in [0.15, 0.2) is 0 Å². The van der Waals surface area contributed by atoms with E-state index < -0.39 is 12.1 Å². The zero-order valence-electron chi connectivity index (χ0n) is 7.14. The number of nitrogens with one attached hydrogen (secondary N) is 1. The van der Waals surface area contributed by atoms with Crippen LogP contribution in [0.4, 0.5) is 4.79 Å². The van der Waals surface area contributed by atoms with Crippen molar-refractivity contribution in [3.8, 4) is 0 Å². The monoisotopic (exact) mass is 260 g/mol. The van der Waals surface area contributed by atoms with Gasteiger partial charge in [0, 0.05) is 6.20 Å². The van der Waals surface area contributed by atoms with Gasteiger partial charge < -0.3 is 15.5 Å². The summed E-state index contributed by atoms with van der Waals surface area (Å²) in [7, 11) is 0. The van der Waals surface area contributed by atoms with Crippen LogP contribution in [0.2, 0.25) is 0 Å². The molecule has 0 saturated heterocycles. The number of aliphatic hydroxyl groups excluding tert-OH is 1. The first-order valence-corrected chi connectivity index (χ1v) is 4.64. The Bertz CT molecular complexity index is 332. The van der Waals surface area contributed by atoms with Crippen LogP contribution in [0.3, 0.4) is 0 Å². The maximum atomic E-state index is 10.4. The van der Waals surface area contributed by atoms with Crippen LogP contribution in [0.1, 0.15) is 11.6 Å². The molecule has 5 nitrogen and oxygen atoms in total.